The second kappa shape index (κ2) is 3.47. The average Bonchev–Trinajstić information content (AvgIpc) is 2.93. The van der Waals surface area contributed by atoms with Gasteiger partial charge >= 0.3 is 0 Å². The molecule has 4 atom stereocenters. The van der Waals surface area contributed by atoms with Crippen molar-refractivity contribution >= 4 is 0 Å². The van der Waals surface area contributed by atoms with Gasteiger partial charge in [0.2, 0.25) is 0 Å². The van der Waals surface area contributed by atoms with Crippen LogP contribution in [0.3, 0.4) is 0 Å². The summed E-state index contributed by atoms with van der Waals surface area (Å²) in [5.74, 6) is 0. The van der Waals surface area contributed by atoms with Gasteiger partial charge in [-0.25, -0.2) is 0 Å². The highest BCUT2D eigenvalue weighted by molar-refractivity contribution is 4.97. The predicted molar refractivity (Wildman–Crippen MR) is 55.3 cm³/mol. The molecule has 0 aromatic carbocycles. The number of fused-ring (bicyclic) bond motifs is 2. The van der Waals surface area contributed by atoms with E-state index in [0.717, 1.165) is 24.7 Å². The van der Waals surface area contributed by atoms with Gasteiger partial charge in [-0.1, -0.05) is 0 Å². The molecule has 3 nitrogen and oxygen atoms in total. The van der Waals surface area contributed by atoms with Gasteiger partial charge in [-0.3, -0.25) is 4.90 Å². The smallest absolute Gasteiger partial charge is 0.0718 e. The molecule has 1 aliphatic carbocycles. The minimum absolute atomic E-state index is 0.564. The molecule has 0 aromatic rings. The molecule has 4 unspecified atom stereocenters. The van der Waals surface area contributed by atoms with E-state index in [9.17, 15) is 0 Å². The van der Waals surface area contributed by atoms with Gasteiger partial charge in [0, 0.05) is 24.7 Å². The lowest BCUT2D eigenvalue weighted by atomic mass is 10.1. The Bertz CT molecular complexity index is 221. The van der Waals surface area contributed by atoms with Crippen LogP contribution in [0.5, 0.6) is 0 Å². The van der Waals surface area contributed by atoms with Crippen LogP contribution in [-0.4, -0.2) is 49.3 Å². The molecule has 2 heterocycles. The highest BCUT2D eigenvalue weighted by Crippen LogP contribution is 2.34. The topological polar surface area (TPSA) is 24.5 Å². The molecule has 0 amide bonds. The van der Waals surface area contributed by atoms with Crippen LogP contribution in [-0.2, 0) is 4.74 Å². The Morgan fingerprint density at radius 3 is 2.71 bits per heavy atom. The molecule has 3 rings (SSSR count). The molecular formula is C11H20N2O. The third-order valence-electron chi connectivity index (χ3n) is 4.22. The molecule has 0 aromatic heterocycles. The van der Waals surface area contributed by atoms with Crippen molar-refractivity contribution in [2.24, 2.45) is 0 Å². The van der Waals surface area contributed by atoms with E-state index in [0.29, 0.717) is 6.10 Å². The van der Waals surface area contributed by atoms with Crippen molar-refractivity contribution in [1.82, 2.24) is 10.2 Å². The van der Waals surface area contributed by atoms with Gasteiger partial charge in [0.25, 0.3) is 0 Å². The molecule has 1 N–H and O–H groups in total. The van der Waals surface area contributed by atoms with Crippen LogP contribution >= 0.6 is 0 Å². The van der Waals surface area contributed by atoms with E-state index in [1.165, 1.54) is 32.2 Å². The van der Waals surface area contributed by atoms with E-state index in [2.05, 4.69) is 17.3 Å². The maximum absolute atomic E-state index is 5.64. The third kappa shape index (κ3) is 1.38. The Hall–Kier alpha value is -0.120. The lowest BCUT2D eigenvalue weighted by Crippen LogP contribution is -2.43. The molecular weight excluding hydrogens is 176 g/mol. The molecule has 0 spiro atoms. The van der Waals surface area contributed by atoms with Crippen LogP contribution in [0.2, 0.25) is 0 Å². The average molecular weight is 196 g/mol. The van der Waals surface area contributed by atoms with Gasteiger partial charge in [-0.05, 0) is 32.7 Å². The third-order valence-corrected chi connectivity index (χ3v) is 4.22. The first-order valence-corrected chi connectivity index (χ1v) is 5.91. The Morgan fingerprint density at radius 2 is 2.14 bits per heavy atom. The molecule has 3 aliphatic rings. The van der Waals surface area contributed by atoms with E-state index in [4.69, 9.17) is 4.74 Å². The van der Waals surface area contributed by atoms with Crippen molar-refractivity contribution in [2.75, 3.05) is 20.2 Å². The van der Waals surface area contributed by atoms with Gasteiger partial charge in [0.15, 0.2) is 0 Å². The first-order chi connectivity index (χ1) is 6.86. The summed E-state index contributed by atoms with van der Waals surface area (Å²) >= 11 is 0. The van der Waals surface area contributed by atoms with Crippen molar-refractivity contribution in [3.63, 3.8) is 0 Å². The summed E-state index contributed by atoms with van der Waals surface area (Å²) in [6.45, 7) is 2.19. The number of hydrogen-bond donors (Lipinski definition) is 1. The zero-order chi connectivity index (χ0) is 9.54. The van der Waals surface area contributed by atoms with Gasteiger partial charge in [-0.15, -0.1) is 0 Å². The zero-order valence-electron chi connectivity index (χ0n) is 8.91. The van der Waals surface area contributed by atoms with Crippen molar-refractivity contribution in [3.8, 4) is 0 Å². The zero-order valence-corrected chi connectivity index (χ0v) is 8.91. The van der Waals surface area contributed by atoms with Crippen LogP contribution in [0.4, 0.5) is 0 Å². The molecule has 3 heteroatoms. The molecule has 2 saturated heterocycles. The van der Waals surface area contributed by atoms with Crippen molar-refractivity contribution < 1.29 is 4.74 Å². The number of morpholine rings is 1. The van der Waals surface area contributed by atoms with Crippen molar-refractivity contribution in [2.45, 2.75) is 49.9 Å². The lowest BCUT2D eigenvalue weighted by Gasteiger charge is -2.32. The number of rotatable bonds is 2. The summed E-state index contributed by atoms with van der Waals surface area (Å²) in [4.78, 5) is 2.71. The first-order valence-electron chi connectivity index (χ1n) is 5.91. The van der Waals surface area contributed by atoms with E-state index >= 15 is 0 Å². The fourth-order valence-corrected chi connectivity index (χ4v) is 3.40. The maximum Gasteiger partial charge on any atom is 0.0718 e. The SMILES string of the molecule is CNC1CCC(N2CC3CC2CO3)C1. The number of hydrogen-bond acceptors (Lipinski definition) is 3. The monoisotopic (exact) mass is 196 g/mol. The second-order valence-electron chi connectivity index (χ2n) is 4.99. The number of likely N-dealkylation sites (tertiary alicyclic amines) is 1. The number of nitrogens with one attached hydrogen (secondary N) is 1. The van der Waals surface area contributed by atoms with Crippen LogP contribution in [0, 0.1) is 0 Å². The lowest BCUT2D eigenvalue weighted by molar-refractivity contribution is 0.0122. The molecule has 0 radical (unpaired) electrons. The highest BCUT2D eigenvalue weighted by atomic mass is 16.5. The van der Waals surface area contributed by atoms with Gasteiger partial charge in [0.05, 0.1) is 12.7 Å². The van der Waals surface area contributed by atoms with E-state index in [1.54, 1.807) is 0 Å². The molecule has 2 bridgehead atoms. The van der Waals surface area contributed by atoms with E-state index < -0.39 is 0 Å². The van der Waals surface area contributed by atoms with Crippen LogP contribution < -0.4 is 5.32 Å². The number of nitrogens with zero attached hydrogens (tertiary/aromatic N) is 1. The Kier molecular flexibility index (Phi) is 2.26. The van der Waals surface area contributed by atoms with Crippen molar-refractivity contribution in [1.29, 1.82) is 0 Å². The Morgan fingerprint density at radius 1 is 1.21 bits per heavy atom. The molecule has 80 valence electrons. The number of ether oxygens (including phenoxy) is 1. The van der Waals surface area contributed by atoms with Gasteiger partial charge in [0.1, 0.15) is 0 Å². The summed E-state index contributed by atoms with van der Waals surface area (Å²) in [7, 11) is 2.09. The summed E-state index contributed by atoms with van der Waals surface area (Å²) in [6, 6.07) is 2.35. The first kappa shape index (κ1) is 9.13. The summed E-state index contributed by atoms with van der Waals surface area (Å²) in [5.41, 5.74) is 0. The summed E-state index contributed by atoms with van der Waals surface area (Å²) in [6.07, 6.45) is 5.94. The van der Waals surface area contributed by atoms with E-state index in [-0.39, 0.29) is 0 Å². The van der Waals surface area contributed by atoms with Crippen LogP contribution in [0.15, 0.2) is 0 Å². The quantitative estimate of drug-likeness (QED) is 0.700. The molecule has 3 fully saturated rings. The normalized spacial score (nSPS) is 47.8. The predicted octanol–water partition coefficient (Wildman–Crippen LogP) is 0.600. The fourth-order valence-electron chi connectivity index (χ4n) is 3.40. The second-order valence-corrected chi connectivity index (χ2v) is 4.99. The minimum atomic E-state index is 0.564. The standard InChI is InChI=1S/C11H20N2O/c1-12-8-2-3-9(4-8)13-6-11-5-10(13)7-14-11/h8-12H,2-7H2,1H3. The van der Waals surface area contributed by atoms with E-state index in [1.807, 2.05) is 0 Å². The summed E-state index contributed by atoms with van der Waals surface area (Å²) in [5, 5.41) is 3.40. The van der Waals surface area contributed by atoms with Crippen LogP contribution in [0.1, 0.15) is 25.7 Å². The maximum atomic E-state index is 5.64. The highest BCUT2D eigenvalue weighted by Gasteiger charge is 2.43. The van der Waals surface area contributed by atoms with Gasteiger partial charge in [-0.2, -0.15) is 0 Å². The molecule has 14 heavy (non-hydrogen) atoms. The van der Waals surface area contributed by atoms with Crippen LogP contribution in [0.25, 0.3) is 0 Å². The van der Waals surface area contributed by atoms with Crippen molar-refractivity contribution in [3.05, 3.63) is 0 Å². The summed E-state index contributed by atoms with van der Waals surface area (Å²) < 4.78 is 5.64. The fraction of sp³-hybridized carbons (Fsp3) is 1.00. The molecule has 1 saturated carbocycles. The van der Waals surface area contributed by atoms with Gasteiger partial charge < -0.3 is 10.1 Å². The minimum Gasteiger partial charge on any atom is -0.375 e. The largest absolute Gasteiger partial charge is 0.375 e. The Labute approximate surface area is 85.8 Å². The Balaban J connectivity index is 1.62. The molecule has 2 aliphatic heterocycles.